The first-order valence-electron chi connectivity index (χ1n) is 24.2. The number of carbonyl (C=O) groups is 7. The molecule has 382 valence electrons. The molecule has 0 aromatic heterocycles. The summed E-state index contributed by atoms with van der Waals surface area (Å²) in [7, 11) is 4.09. The van der Waals surface area contributed by atoms with E-state index in [1.54, 1.807) is 0 Å². The van der Waals surface area contributed by atoms with Gasteiger partial charge in [-0.25, -0.2) is 9.59 Å². The van der Waals surface area contributed by atoms with Crippen molar-refractivity contribution in [3.8, 4) is 0 Å². The van der Waals surface area contributed by atoms with Gasteiger partial charge in [0.05, 0.1) is 13.1 Å². The summed E-state index contributed by atoms with van der Waals surface area (Å²) in [6.45, 7) is 4.80. The average Bonchev–Trinajstić information content (AvgIpc) is 3.29. The van der Waals surface area contributed by atoms with Crippen LogP contribution in [0.2, 0.25) is 0 Å². The molecule has 0 saturated carbocycles. The number of carbonyl (C=O) groups excluding carboxylic acids is 3. The maximum absolute atomic E-state index is 13.4. The van der Waals surface area contributed by atoms with Crippen molar-refractivity contribution in [3.05, 3.63) is 71.3 Å². The van der Waals surface area contributed by atoms with Crippen LogP contribution in [-0.2, 0) is 48.0 Å². The van der Waals surface area contributed by atoms with E-state index in [0.29, 0.717) is 52.0 Å². The maximum Gasteiger partial charge on any atom is 0.326 e. The van der Waals surface area contributed by atoms with E-state index < -0.39 is 41.9 Å². The summed E-state index contributed by atoms with van der Waals surface area (Å²) >= 11 is 5.77. The van der Waals surface area contributed by atoms with Gasteiger partial charge in [0.15, 0.2) is 0 Å². The zero-order valence-corrected chi connectivity index (χ0v) is 41.3. The second-order valence-electron chi connectivity index (χ2n) is 18.3. The van der Waals surface area contributed by atoms with Crippen molar-refractivity contribution in [3.63, 3.8) is 0 Å². The number of nitrogens with zero attached hydrogens (tertiary/aromatic N) is 4. The van der Waals surface area contributed by atoms with Crippen LogP contribution in [0.1, 0.15) is 87.3 Å². The minimum absolute atomic E-state index is 0.0510. The van der Waals surface area contributed by atoms with E-state index in [9.17, 15) is 48.9 Å². The molecule has 1 aliphatic heterocycles. The summed E-state index contributed by atoms with van der Waals surface area (Å²) in [6.07, 6.45) is 6.72. The highest BCUT2D eigenvalue weighted by atomic mass is 32.1. The van der Waals surface area contributed by atoms with Gasteiger partial charge in [-0.3, -0.25) is 33.8 Å². The highest BCUT2D eigenvalue weighted by Gasteiger charge is 2.27. The van der Waals surface area contributed by atoms with Crippen molar-refractivity contribution < 1.29 is 54.0 Å². The van der Waals surface area contributed by atoms with E-state index >= 15 is 0 Å². The number of nitrogens with one attached hydrogen (secondary N) is 3. The second kappa shape index (κ2) is 32.5. The van der Waals surface area contributed by atoms with Crippen LogP contribution < -0.4 is 16.0 Å². The third-order valence-corrected chi connectivity index (χ3v) is 12.6. The van der Waals surface area contributed by atoms with Crippen molar-refractivity contribution >= 4 is 58.7 Å². The number of amides is 3. The fourth-order valence-electron chi connectivity index (χ4n) is 8.28. The number of ketones is 1. The molecular formula is C50H75N7O11S. The summed E-state index contributed by atoms with van der Waals surface area (Å²) in [5.41, 5.74) is 3.10. The van der Waals surface area contributed by atoms with Crippen molar-refractivity contribution in [1.82, 2.24) is 35.6 Å². The molecule has 3 atom stereocenters. The predicted octanol–water partition coefficient (Wildman–Crippen LogP) is 3.83. The van der Waals surface area contributed by atoms with Gasteiger partial charge in [-0.05, 0) is 80.6 Å². The van der Waals surface area contributed by atoms with Gasteiger partial charge < -0.3 is 46.2 Å². The number of thiocarbonyl (C=S) groups is 1. The fraction of sp³-hybridized carbons (Fsp3) is 0.600. The molecule has 0 spiro atoms. The molecule has 18 nitrogen and oxygen atoms in total. The van der Waals surface area contributed by atoms with Gasteiger partial charge in [-0.2, -0.15) is 0 Å². The Morgan fingerprint density at radius 2 is 1.28 bits per heavy atom. The summed E-state index contributed by atoms with van der Waals surface area (Å²) in [4.78, 5) is 93.9. The maximum atomic E-state index is 13.4. The Hall–Kier alpha value is -5.34. The van der Waals surface area contributed by atoms with E-state index in [1.807, 2.05) is 47.2 Å². The van der Waals surface area contributed by atoms with Crippen LogP contribution in [0.3, 0.4) is 0 Å². The molecule has 0 bridgehead atoms. The third-order valence-electron chi connectivity index (χ3n) is 12.3. The number of likely N-dealkylation sites (N-methyl/N-ethyl adjacent to an activating group) is 2. The number of hydrogen-bond acceptors (Lipinski definition) is 12. The minimum Gasteiger partial charge on any atom is -0.481 e. The molecule has 3 amide bonds. The van der Waals surface area contributed by atoms with Crippen LogP contribution >= 0.6 is 12.2 Å². The molecule has 0 radical (unpaired) electrons. The smallest absolute Gasteiger partial charge is 0.326 e. The van der Waals surface area contributed by atoms with Crippen LogP contribution in [0.4, 0.5) is 4.79 Å². The van der Waals surface area contributed by atoms with Gasteiger partial charge in [0, 0.05) is 96.5 Å². The number of rotatable bonds is 30. The summed E-state index contributed by atoms with van der Waals surface area (Å²) in [5, 5.41) is 45.4. The Balaban J connectivity index is 1.42. The van der Waals surface area contributed by atoms with Gasteiger partial charge >= 0.3 is 29.9 Å². The first-order chi connectivity index (χ1) is 33.0. The molecule has 1 aliphatic rings. The SMILES string of the molecule is CN1CCN(C)CC(Cc2ccc(CC(=S)CCCCCCCNC(=O)[C@@H](CC(=O)CC[C@H](NC(=O)NCCCC(=O)O)C(=O)O)Cc3ccccc3)cc2)N(CC(=O)O)CCN(CC(=O)O)CC1. The number of hydrogen-bond donors (Lipinski definition) is 7. The molecule has 1 heterocycles. The summed E-state index contributed by atoms with van der Waals surface area (Å²) < 4.78 is 0. The van der Waals surface area contributed by atoms with E-state index in [-0.39, 0.29) is 69.5 Å². The quantitative estimate of drug-likeness (QED) is 0.0434. The Labute approximate surface area is 412 Å². The van der Waals surface area contributed by atoms with Gasteiger partial charge in [0.2, 0.25) is 5.91 Å². The van der Waals surface area contributed by atoms with Crippen LogP contribution in [-0.4, -0.2) is 185 Å². The molecule has 1 unspecified atom stereocenters. The lowest BCUT2D eigenvalue weighted by Crippen LogP contribution is -2.51. The average molecular weight is 982 g/mol. The van der Waals surface area contributed by atoms with Crippen molar-refractivity contribution in [2.45, 2.75) is 102 Å². The van der Waals surface area contributed by atoms with Crippen LogP contribution in [0, 0.1) is 5.92 Å². The van der Waals surface area contributed by atoms with Crippen LogP contribution in [0.15, 0.2) is 54.6 Å². The molecule has 7 N–H and O–H groups in total. The highest BCUT2D eigenvalue weighted by molar-refractivity contribution is 7.80. The summed E-state index contributed by atoms with van der Waals surface area (Å²) in [5.74, 6) is -5.33. The number of unbranched alkanes of at least 4 members (excludes halogenated alkanes) is 4. The van der Waals surface area contributed by atoms with Crippen molar-refractivity contribution in [1.29, 1.82) is 0 Å². The van der Waals surface area contributed by atoms with Crippen LogP contribution in [0.25, 0.3) is 0 Å². The Morgan fingerprint density at radius 3 is 1.96 bits per heavy atom. The molecule has 69 heavy (non-hydrogen) atoms. The molecule has 0 aliphatic carbocycles. The molecule has 3 rings (SSSR count). The molecule has 1 fully saturated rings. The number of Topliss-reactive ketones (excluding diaryl/α,β-unsaturated/α-hetero) is 1. The minimum atomic E-state index is -1.34. The normalized spacial score (nSPS) is 16.5. The Bertz CT molecular complexity index is 1940. The highest BCUT2D eigenvalue weighted by Crippen LogP contribution is 2.18. The summed E-state index contributed by atoms with van der Waals surface area (Å²) in [6, 6.07) is 15.5. The van der Waals surface area contributed by atoms with Crippen molar-refractivity contribution in [2.24, 2.45) is 5.92 Å². The number of carboxylic acids is 4. The lowest BCUT2D eigenvalue weighted by atomic mass is 9.91. The Kier molecular flexibility index (Phi) is 27.3. The number of benzene rings is 2. The van der Waals surface area contributed by atoms with E-state index in [1.165, 1.54) is 0 Å². The van der Waals surface area contributed by atoms with Gasteiger partial charge in [-0.15, -0.1) is 0 Å². The standard InChI is InChI=1S/C50H75N7O11S/c1-54-24-25-55(2)34-41(57(36-47(63)64)29-28-56(27-26-54)35-46(61)62)31-38-16-18-39(19-17-38)32-43(69)14-9-4-3-5-10-22-51-48(65)40(30-37-12-7-6-8-13-37)33-42(58)20-21-44(49(66)67)53-50(68)52-23-11-15-45(59)60/h6-8,12-13,16-19,40-41,44H,3-5,9-11,14-15,20-36H2,1-2H3,(H,51,65)(H,59,60)(H,61,62)(H,63,64)(H,66,67)(H2,52,53,68)/t40-,41?,44+/m1/s1. The van der Waals surface area contributed by atoms with Gasteiger partial charge in [0.1, 0.15) is 11.8 Å². The number of aliphatic carboxylic acids is 4. The lowest BCUT2D eigenvalue weighted by Gasteiger charge is -2.36. The zero-order chi connectivity index (χ0) is 50.6. The number of urea groups is 1. The molecular weight excluding hydrogens is 907 g/mol. The molecule has 2 aromatic carbocycles. The van der Waals surface area contributed by atoms with E-state index in [4.69, 9.17) is 17.3 Å². The van der Waals surface area contributed by atoms with E-state index in [2.05, 4.69) is 57.1 Å². The predicted molar refractivity (Wildman–Crippen MR) is 267 cm³/mol. The van der Waals surface area contributed by atoms with Crippen LogP contribution in [0.5, 0.6) is 0 Å². The second-order valence-corrected chi connectivity index (χ2v) is 18.8. The lowest BCUT2D eigenvalue weighted by molar-refractivity contribution is -0.140. The fourth-order valence-corrected chi connectivity index (χ4v) is 8.59. The molecule has 19 heteroatoms. The molecule has 2 aromatic rings. The topological polar surface area (TPSA) is 249 Å². The van der Waals surface area contributed by atoms with Gasteiger partial charge in [0.25, 0.3) is 0 Å². The first kappa shape index (κ1) is 58.0. The van der Waals surface area contributed by atoms with Crippen molar-refractivity contribution in [2.75, 3.05) is 86.1 Å². The molecule has 1 saturated heterocycles. The third kappa shape index (κ3) is 25.7. The monoisotopic (exact) mass is 982 g/mol. The number of carboxylic acid groups (broad SMARTS) is 4. The van der Waals surface area contributed by atoms with Gasteiger partial charge in [-0.1, -0.05) is 86.1 Å². The zero-order valence-electron chi connectivity index (χ0n) is 40.4. The Morgan fingerprint density at radius 1 is 0.652 bits per heavy atom. The first-order valence-corrected chi connectivity index (χ1v) is 24.6. The van der Waals surface area contributed by atoms with E-state index in [0.717, 1.165) is 79.7 Å². The largest absolute Gasteiger partial charge is 0.481 e.